The summed E-state index contributed by atoms with van der Waals surface area (Å²) in [7, 11) is 0. The molecule has 0 radical (unpaired) electrons. The minimum atomic E-state index is -0.880. The summed E-state index contributed by atoms with van der Waals surface area (Å²) in [6, 6.07) is 2.68. The molecule has 1 aromatic carbocycles. The van der Waals surface area contributed by atoms with Gasteiger partial charge in [0, 0.05) is 19.5 Å². The van der Waals surface area contributed by atoms with Crippen LogP contribution in [0.1, 0.15) is 53.6 Å². The lowest BCUT2D eigenvalue weighted by Crippen LogP contribution is -2.38. The van der Waals surface area contributed by atoms with Crippen molar-refractivity contribution in [3.63, 3.8) is 0 Å². The van der Waals surface area contributed by atoms with Crippen molar-refractivity contribution >= 4 is 11.6 Å². The van der Waals surface area contributed by atoms with Gasteiger partial charge in [0.15, 0.2) is 5.82 Å². The molecule has 146 valence electrons. The van der Waals surface area contributed by atoms with Crippen molar-refractivity contribution in [3.8, 4) is 5.75 Å². The fraction of sp³-hybridized carbons (Fsp3) is 0.400. The third kappa shape index (κ3) is 3.86. The first-order chi connectivity index (χ1) is 12.8. The van der Waals surface area contributed by atoms with Crippen LogP contribution in [0.3, 0.4) is 0 Å². The highest BCUT2D eigenvalue weighted by molar-refractivity contribution is 6.06. The van der Waals surface area contributed by atoms with E-state index in [0.717, 1.165) is 0 Å². The first-order valence-electron chi connectivity index (χ1n) is 8.94. The quantitative estimate of drug-likeness (QED) is 0.611. The largest absolute Gasteiger partial charge is 0.618 e. The van der Waals surface area contributed by atoms with Crippen molar-refractivity contribution in [2.24, 2.45) is 0 Å². The van der Waals surface area contributed by atoms with Crippen LogP contribution in [-0.2, 0) is 12.8 Å². The molecule has 0 bridgehead atoms. The van der Waals surface area contributed by atoms with E-state index in [2.05, 4.69) is 5.32 Å². The number of aryl methyl sites for hydroxylation is 2. The summed E-state index contributed by atoms with van der Waals surface area (Å²) < 4.78 is 34.4. The van der Waals surface area contributed by atoms with Gasteiger partial charge in [-0.1, -0.05) is 13.8 Å². The molecule has 7 heteroatoms. The van der Waals surface area contributed by atoms with E-state index in [1.165, 1.54) is 26.0 Å². The molecule has 0 aliphatic rings. The number of ether oxygens (including phenoxy) is 1. The van der Waals surface area contributed by atoms with Gasteiger partial charge in [0.25, 0.3) is 5.91 Å². The standard InChI is InChI=1S/C20H24F2N2O3/c1-6-13-9-15(21)10-14(7-2)18(13)23-20(25)16-11(4)24(26)12(5)19(17(16)22)27-8-3/h9-10H,6-8H2,1-5H3,(H,23,25). The molecule has 5 nitrogen and oxygen atoms in total. The van der Waals surface area contributed by atoms with Crippen molar-refractivity contribution in [1.29, 1.82) is 0 Å². The fourth-order valence-electron chi connectivity index (χ4n) is 3.07. The molecule has 0 aliphatic heterocycles. The van der Waals surface area contributed by atoms with E-state index in [4.69, 9.17) is 4.74 Å². The van der Waals surface area contributed by atoms with Crippen LogP contribution >= 0.6 is 0 Å². The summed E-state index contributed by atoms with van der Waals surface area (Å²) >= 11 is 0. The van der Waals surface area contributed by atoms with Crippen molar-refractivity contribution in [3.05, 3.63) is 57.1 Å². The fourth-order valence-corrected chi connectivity index (χ4v) is 3.07. The Morgan fingerprint density at radius 3 is 2.15 bits per heavy atom. The van der Waals surface area contributed by atoms with Gasteiger partial charge in [0.2, 0.25) is 17.1 Å². The molecule has 0 aliphatic carbocycles. The number of carbonyl (C=O) groups is 1. The first-order valence-corrected chi connectivity index (χ1v) is 8.94. The maximum Gasteiger partial charge on any atom is 0.265 e. The Bertz CT molecular complexity index is 857. The lowest BCUT2D eigenvalue weighted by Gasteiger charge is -2.17. The number of nitrogens with one attached hydrogen (secondary N) is 1. The van der Waals surface area contributed by atoms with Crippen molar-refractivity contribution in [2.75, 3.05) is 11.9 Å². The highest BCUT2D eigenvalue weighted by Gasteiger charge is 2.30. The summed E-state index contributed by atoms with van der Waals surface area (Å²) in [5.41, 5.74) is 1.25. The molecule has 2 rings (SSSR count). The van der Waals surface area contributed by atoms with E-state index >= 15 is 0 Å². The number of benzene rings is 1. The van der Waals surface area contributed by atoms with Crippen LogP contribution in [-0.4, -0.2) is 12.5 Å². The molecule has 0 fully saturated rings. The zero-order valence-corrected chi connectivity index (χ0v) is 16.2. The zero-order chi connectivity index (χ0) is 20.3. The van der Waals surface area contributed by atoms with Gasteiger partial charge in [0.1, 0.15) is 11.4 Å². The molecule has 0 spiro atoms. The zero-order valence-electron chi connectivity index (χ0n) is 16.2. The van der Waals surface area contributed by atoms with Gasteiger partial charge in [-0.05, 0) is 43.0 Å². The number of hydrogen-bond acceptors (Lipinski definition) is 3. The van der Waals surface area contributed by atoms with Crippen LogP contribution in [0, 0.1) is 30.7 Å². The Balaban J connectivity index is 2.58. The molecule has 1 aromatic heterocycles. The van der Waals surface area contributed by atoms with Gasteiger partial charge in [-0.15, -0.1) is 0 Å². The molecule has 1 heterocycles. The third-order valence-corrected chi connectivity index (χ3v) is 4.50. The van der Waals surface area contributed by atoms with E-state index in [0.29, 0.717) is 34.4 Å². The van der Waals surface area contributed by atoms with Gasteiger partial charge < -0.3 is 15.3 Å². The number of aromatic nitrogens is 1. The highest BCUT2D eigenvalue weighted by atomic mass is 19.1. The molecular weight excluding hydrogens is 354 g/mol. The van der Waals surface area contributed by atoms with Crippen LogP contribution in [0.25, 0.3) is 0 Å². The second-order valence-corrected chi connectivity index (χ2v) is 6.18. The predicted octanol–water partition coefficient (Wildman–Crippen LogP) is 3.99. The Morgan fingerprint density at radius 2 is 1.67 bits per heavy atom. The van der Waals surface area contributed by atoms with Crippen LogP contribution in [0.15, 0.2) is 12.1 Å². The van der Waals surface area contributed by atoms with E-state index in [1.54, 1.807) is 6.92 Å². The number of carbonyl (C=O) groups excluding carboxylic acids is 1. The van der Waals surface area contributed by atoms with E-state index in [-0.39, 0.29) is 29.3 Å². The summed E-state index contributed by atoms with van der Waals surface area (Å²) in [5.74, 6) is -2.29. The minimum Gasteiger partial charge on any atom is -0.618 e. The molecule has 0 saturated carbocycles. The molecule has 27 heavy (non-hydrogen) atoms. The summed E-state index contributed by atoms with van der Waals surface area (Å²) in [6.07, 6.45) is 0.975. The smallest absolute Gasteiger partial charge is 0.265 e. The molecule has 1 N–H and O–H groups in total. The maximum atomic E-state index is 14.9. The Morgan fingerprint density at radius 1 is 1.11 bits per heavy atom. The number of nitrogens with zero attached hydrogens (tertiary/aromatic N) is 1. The van der Waals surface area contributed by atoms with Crippen LogP contribution in [0.4, 0.5) is 14.5 Å². The summed E-state index contributed by atoms with van der Waals surface area (Å²) in [6.45, 7) is 8.29. The molecule has 0 saturated heterocycles. The van der Waals surface area contributed by atoms with Gasteiger partial charge in [-0.3, -0.25) is 4.79 Å². The lowest BCUT2D eigenvalue weighted by atomic mass is 10.0. The second-order valence-electron chi connectivity index (χ2n) is 6.18. The molecule has 0 atom stereocenters. The Kier molecular flexibility index (Phi) is 6.36. The summed E-state index contributed by atoms with van der Waals surface area (Å²) in [4.78, 5) is 12.8. The molecule has 2 aromatic rings. The van der Waals surface area contributed by atoms with Gasteiger partial charge in [-0.2, -0.15) is 4.73 Å². The van der Waals surface area contributed by atoms with E-state index < -0.39 is 17.5 Å². The highest BCUT2D eigenvalue weighted by Crippen LogP contribution is 2.28. The van der Waals surface area contributed by atoms with Crippen LogP contribution in [0.2, 0.25) is 0 Å². The maximum absolute atomic E-state index is 14.9. The topological polar surface area (TPSA) is 65.3 Å². The van der Waals surface area contributed by atoms with E-state index in [9.17, 15) is 18.8 Å². The van der Waals surface area contributed by atoms with Crippen molar-refractivity contribution in [1.82, 2.24) is 0 Å². The number of halogens is 2. The van der Waals surface area contributed by atoms with Crippen molar-refractivity contribution < 1.29 is 23.0 Å². The number of hydrogen-bond donors (Lipinski definition) is 1. The first kappa shape index (κ1) is 20.6. The normalized spacial score (nSPS) is 10.8. The Labute approximate surface area is 157 Å². The summed E-state index contributed by atoms with van der Waals surface area (Å²) in [5, 5.41) is 15.0. The number of pyridine rings is 1. The van der Waals surface area contributed by atoms with Crippen molar-refractivity contribution in [2.45, 2.75) is 47.5 Å². The van der Waals surface area contributed by atoms with Gasteiger partial charge in [-0.25, -0.2) is 8.78 Å². The average molecular weight is 378 g/mol. The lowest BCUT2D eigenvalue weighted by molar-refractivity contribution is -0.619. The number of amides is 1. The van der Waals surface area contributed by atoms with Gasteiger partial charge in [0.05, 0.1) is 6.61 Å². The van der Waals surface area contributed by atoms with Crippen LogP contribution in [0.5, 0.6) is 5.75 Å². The number of rotatable bonds is 6. The minimum absolute atomic E-state index is 0.0497. The molecule has 1 amide bonds. The molecular formula is C20H24F2N2O3. The predicted molar refractivity (Wildman–Crippen MR) is 99.1 cm³/mol. The molecule has 0 unspecified atom stereocenters. The van der Waals surface area contributed by atoms with Crippen LogP contribution < -0.4 is 14.8 Å². The third-order valence-electron chi connectivity index (χ3n) is 4.50. The van der Waals surface area contributed by atoms with E-state index in [1.807, 2.05) is 13.8 Å². The second kappa shape index (κ2) is 8.33. The monoisotopic (exact) mass is 378 g/mol. The Hall–Kier alpha value is -2.70. The SMILES string of the molecule is CCOc1c(F)c(C(=O)Nc2c(CC)cc(F)cc2CC)c(C)[n+]([O-])c1C. The number of anilines is 1. The average Bonchev–Trinajstić information content (AvgIpc) is 2.64. The van der Waals surface area contributed by atoms with Gasteiger partial charge >= 0.3 is 0 Å².